The first-order chi connectivity index (χ1) is 13.8. The lowest BCUT2D eigenvalue weighted by molar-refractivity contribution is -0.183. The first kappa shape index (κ1) is 18.4. The predicted molar refractivity (Wildman–Crippen MR) is 98.9 cm³/mol. The van der Waals surface area contributed by atoms with E-state index < -0.39 is 35.2 Å². The molecule has 0 radical (unpaired) electrons. The van der Waals surface area contributed by atoms with Crippen molar-refractivity contribution in [2.45, 2.75) is 62.7 Å². The molecule has 4 atom stereocenters. The number of nitrogens with zero attached hydrogens (tertiary/aromatic N) is 1. The van der Waals surface area contributed by atoms with Crippen LogP contribution in [0, 0.1) is 0 Å². The second kappa shape index (κ2) is 5.95. The van der Waals surface area contributed by atoms with Gasteiger partial charge in [0.15, 0.2) is 23.4 Å². The number of hydrogen-bond donors (Lipinski definition) is 1. The average Bonchev–Trinajstić information content (AvgIpc) is 3.01. The van der Waals surface area contributed by atoms with Crippen LogP contribution >= 0.6 is 0 Å². The van der Waals surface area contributed by atoms with Crippen LogP contribution in [-0.2, 0) is 26.2 Å². The number of likely N-dealkylation sites (tertiary alicyclic amines) is 1. The number of hydrogen-bond acceptors (Lipinski definition) is 7. The summed E-state index contributed by atoms with van der Waals surface area (Å²) in [6, 6.07) is 2.99. The fraction of sp³-hybridized carbons (Fsp3) is 0.571. The van der Waals surface area contributed by atoms with Gasteiger partial charge in [-0.05, 0) is 37.8 Å². The summed E-state index contributed by atoms with van der Waals surface area (Å²) in [6.45, 7) is 3.66. The molecule has 2 heterocycles. The van der Waals surface area contributed by atoms with Crippen LogP contribution in [0.2, 0.25) is 0 Å². The van der Waals surface area contributed by atoms with Gasteiger partial charge in [0, 0.05) is 25.5 Å². The molecule has 1 amide bonds. The molecule has 2 fully saturated rings. The zero-order valence-corrected chi connectivity index (χ0v) is 16.4. The van der Waals surface area contributed by atoms with Crippen LogP contribution in [0.3, 0.4) is 0 Å². The summed E-state index contributed by atoms with van der Waals surface area (Å²) in [5.41, 5.74) is -0.605. The fourth-order valence-electron chi connectivity index (χ4n) is 5.98. The maximum Gasteiger partial charge on any atom is 0.410 e. The zero-order chi connectivity index (χ0) is 20.6. The molecule has 8 nitrogen and oxygen atoms in total. The molecule has 2 aliphatic carbocycles. The molecule has 1 unspecified atom stereocenters. The molecule has 1 aromatic carbocycles. The number of benzene rings is 1. The Balaban J connectivity index is 1.71. The maximum atomic E-state index is 12.9. The quantitative estimate of drug-likeness (QED) is 0.592. The minimum atomic E-state index is -1.32. The number of rotatable bonds is 2. The van der Waals surface area contributed by atoms with Crippen LogP contribution in [0.25, 0.3) is 0 Å². The minimum Gasteiger partial charge on any atom is -0.477 e. The SMILES string of the molecule is CCOC(=O)N1CC[C@]23c4c5ccc(OC(C)=O)c4O[C@H]2C(=O)CC[C@@]3(O)C1C5. The molecule has 1 N–H and O–H groups in total. The summed E-state index contributed by atoms with van der Waals surface area (Å²) in [4.78, 5) is 38.6. The van der Waals surface area contributed by atoms with E-state index in [9.17, 15) is 19.5 Å². The Morgan fingerprint density at radius 2 is 2.14 bits per heavy atom. The van der Waals surface area contributed by atoms with Gasteiger partial charge in [-0.1, -0.05) is 6.07 Å². The normalized spacial score (nSPS) is 33.6. The lowest BCUT2D eigenvalue weighted by Gasteiger charge is -2.61. The molecule has 154 valence electrons. The third-order valence-corrected chi connectivity index (χ3v) is 7.00. The molecule has 2 bridgehead atoms. The third-order valence-electron chi connectivity index (χ3n) is 7.00. The number of ketones is 1. The minimum absolute atomic E-state index is 0.0733. The van der Waals surface area contributed by atoms with Crippen molar-refractivity contribution in [1.29, 1.82) is 0 Å². The van der Waals surface area contributed by atoms with Crippen molar-refractivity contribution in [3.63, 3.8) is 0 Å². The molecule has 2 aliphatic heterocycles. The second-order valence-corrected chi connectivity index (χ2v) is 8.24. The van der Waals surface area contributed by atoms with Crippen molar-refractivity contribution in [1.82, 2.24) is 4.90 Å². The summed E-state index contributed by atoms with van der Waals surface area (Å²) in [7, 11) is 0. The van der Waals surface area contributed by atoms with Gasteiger partial charge in [-0.2, -0.15) is 0 Å². The van der Waals surface area contributed by atoms with Gasteiger partial charge in [-0.25, -0.2) is 4.79 Å². The van der Waals surface area contributed by atoms with Crippen molar-refractivity contribution in [3.05, 3.63) is 23.3 Å². The molecule has 1 saturated carbocycles. The van der Waals surface area contributed by atoms with Gasteiger partial charge in [-0.3, -0.25) is 9.59 Å². The van der Waals surface area contributed by atoms with Gasteiger partial charge in [0.25, 0.3) is 0 Å². The molecular formula is C21H23NO7. The Labute approximate surface area is 167 Å². The molecule has 29 heavy (non-hydrogen) atoms. The van der Waals surface area contributed by atoms with Gasteiger partial charge in [0.2, 0.25) is 0 Å². The van der Waals surface area contributed by atoms with E-state index in [2.05, 4.69) is 0 Å². The van der Waals surface area contributed by atoms with E-state index in [1.54, 1.807) is 17.9 Å². The third kappa shape index (κ3) is 2.15. The lowest BCUT2D eigenvalue weighted by Crippen LogP contribution is -2.77. The maximum absolute atomic E-state index is 12.9. The Kier molecular flexibility index (Phi) is 3.78. The summed E-state index contributed by atoms with van der Waals surface area (Å²) < 4.78 is 16.7. The number of ether oxygens (including phenoxy) is 3. The largest absolute Gasteiger partial charge is 0.477 e. The van der Waals surface area contributed by atoms with E-state index in [-0.39, 0.29) is 31.0 Å². The van der Waals surface area contributed by atoms with Crippen LogP contribution < -0.4 is 9.47 Å². The first-order valence-corrected chi connectivity index (χ1v) is 10.0. The van der Waals surface area contributed by atoms with Crippen LogP contribution in [0.1, 0.15) is 44.2 Å². The van der Waals surface area contributed by atoms with E-state index in [4.69, 9.17) is 14.2 Å². The zero-order valence-electron chi connectivity index (χ0n) is 16.4. The highest BCUT2D eigenvalue weighted by atomic mass is 16.6. The highest BCUT2D eigenvalue weighted by Crippen LogP contribution is 2.64. The van der Waals surface area contributed by atoms with Gasteiger partial charge in [0.05, 0.1) is 23.7 Å². The summed E-state index contributed by atoms with van der Waals surface area (Å²) in [6.07, 6.45) is -0.0826. The monoisotopic (exact) mass is 401 g/mol. The Morgan fingerprint density at radius 1 is 1.34 bits per heavy atom. The first-order valence-electron chi connectivity index (χ1n) is 10.0. The number of aliphatic hydroxyl groups is 1. The van der Waals surface area contributed by atoms with Crippen molar-refractivity contribution < 1.29 is 33.7 Å². The van der Waals surface area contributed by atoms with E-state index in [1.807, 2.05) is 6.07 Å². The summed E-state index contributed by atoms with van der Waals surface area (Å²) >= 11 is 0. The van der Waals surface area contributed by atoms with Crippen molar-refractivity contribution in [2.75, 3.05) is 13.2 Å². The molecular weight excluding hydrogens is 378 g/mol. The molecule has 8 heteroatoms. The van der Waals surface area contributed by atoms with Crippen molar-refractivity contribution in [3.8, 4) is 11.5 Å². The fourth-order valence-corrected chi connectivity index (χ4v) is 5.98. The number of carbonyl (C=O) groups excluding carboxylic acids is 3. The molecule has 1 spiro atoms. The highest BCUT2D eigenvalue weighted by molar-refractivity contribution is 5.90. The second-order valence-electron chi connectivity index (χ2n) is 8.24. The number of carbonyl (C=O) groups is 3. The molecule has 1 saturated heterocycles. The lowest BCUT2D eigenvalue weighted by atomic mass is 9.49. The van der Waals surface area contributed by atoms with E-state index in [1.165, 1.54) is 6.92 Å². The Hall–Kier alpha value is -2.61. The smallest absolute Gasteiger partial charge is 0.410 e. The highest BCUT2D eigenvalue weighted by Gasteiger charge is 2.73. The van der Waals surface area contributed by atoms with Crippen LogP contribution in [-0.4, -0.2) is 58.8 Å². The van der Waals surface area contributed by atoms with Crippen LogP contribution in [0.15, 0.2) is 12.1 Å². The topological polar surface area (TPSA) is 102 Å². The predicted octanol–water partition coefficient (Wildman–Crippen LogP) is 1.49. The standard InChI is InChI=1S/C21H23NO7/c1-3-27-19(25)22-9-8-20-16-12-4-5-14(28-11(2)23)17(16)29-18(20)13(24)6-7-21(20,26)15(22)10-12/h4-5,15,18,26H,3,6-10H2,1-2H3/t15?,18-,20-,21+/m0/s1. The Morgan fingerprint density at radius 3 is 2.86 bits per heavy atom. The summed E-state index contributed by atoms with van der Waals surface area (Å²) in [5, 5.41) is 12.0. The van der Waals surface area contributed by atoms with Gasteiger partial charge in [-0.15, -0.1) is 0 Å². The average molecular weight is 401 g/mol. The van der Waals surface area contributed by atoms with E-state index in [0.717, 1.165) is 11.1 Å². The van der Waals surface area contributed by atoms with Gasteiger partial charge >= 0.3 is 12.1 Å². The summed E-state index contributed by atoms with van der Waals surface area (Å²) in [5.74, 6) is 0.0845. The van der Waals surface area contributed by atoms with E-state index >= 15 is 0 Å². The number of piperidine rings is 1. The van der Waals surface area contributed by atoms with Crippen LogP contribution in [0.5, 0.6) is 11.5 Å². The van der Waals surface area contributed by atoms with Gasteiger partial charge < -0.3 is 24.2 Å². The number of esters is 1. The van der Waals surface area contributed by atoms with Crippen LogP contribution in [0.4, 0.5) is 4.79 Å². The molecule has 4 aliphatic rings. The van der Waals surface area contributed by atoms with Gasteiger partial charge in [0.1, 0.15) is 0 Å². The van der Waals surface area contributed by atoms with Crippen molar-refractivity contribution in [2.24, 2.45) is 0 Å². The Bertz CT molecular complexity index is 943. The molecule has 5 rings (SSSR count). The van der Waals surface area contributed by atoms with E-state index in [0.29, 0.717) is 25.1 Å². The number of amides is 1. The number of Topliss-reactive ketones (excluding diaryl/α,β-unsaturated/α-hetero) is 1. The molecule has 0 aromatic heterocycles. The molecule has 1 aromatic rings. The van der Waals surface area contributed by atoms with Crippen molar-refractivity contribution >= 4 is 17.8 Å².